The first-order chi connectivity index (χ1) is 17.1. The molecule has 37 heavy (non-hydrogen) atoms. The summed E-state index contributed by atoms with van der Waals surface area (Å²) in [6.07, 6.45) is -5.12. The molecule has 11 nitrogen and oxygen atoms in total. The standard InChI is InChI=1S/C19H17BrF5N6O5P/c20-13-7-10(6-12(8-13)17(30-31-17)19(23,24)25)16(33)29-14(15(26)32)5-9-1-3-11(4-2-9)18(21,22)37(34,35-27)36-28/h1-4,6-8,14H,5,27-28H2,(H2,26,32)(H,29,33)/t14-/m0/s1. The van der Waals surface area contributed by atoms with Gasteiger partial charge in [-0.2, -0.15) is 22.0 Å². The summed E-state index contributed by atoms with van der Waals surface area (Å²) in [5.41, 5.74) is -2.97. The number of amides is 2. The van der Waals surface area contributed by atoms with E-state index in [2.05, 4.69) is 52.5 Å². The van der Waals surface area contributed by atoms with Gasteiger partial charge in [0.25, 0.3) is 5.91 Å². The topological polar surface area (TPSA) is 184 Å². The Kier molecular flexibility index (Phi) is 7.89. The van der Waals surface area contributed by atoms with Gasteiger partial charge in [0.05, 0.1) is 0 Å². The third kappa shape index (κ3) is 5.56. The molecule has 1 heterocycles. The van der Waals surface area contributed by atoms with Crippen LogP contribution in [0.5, 0.6) is 0 Å². The Morgan fingerprint density at radius 3 is 2.08 bits per heavy atom. The van der Waals surface area contributed by atoms with E-state index in [1.807, 2.05) is 0 Å². The van der Waals surface area contributed by atoms with E-state index in [-0.39, 0.29) is 22.0 Å². The highest BCUT2D eigenvalue weighted by Crippen LogP contribution is 2.64. The van der Waals surface area contributed by atoms with Gasteiger partial charge in [-0.05, 0) is 23.8 Å². The number of alkyl halides is 5. The van der Waals surface area contributed by atoms with Gasteiger partial charge < -0.3 is 11.1 Å². The molecule has 1 atom stereocenters. The number of primary amides is 1. The Morgan fingerprint density at radius 2 is 1.62 bits per heavy atom. The SMILES string of the molecule is NOP(=O)(ON)C(F)(F)c1ccc(C[C@H](NC(=O)c2cc(Br)cc(C3(C(F)(F)F)N=N3)c2)C(N)=O)cc1. The molecule has 2 amide bonds. The first-order valence-electron chi connectivity index (χ1n) is 9.86. The number of carbonyl (C=O) groups excluding carboxylic acids is 2. The Bertz CT molecular complexity index is 1280. The molecule has 0 aliphatic carbocycles. The van der Waals surface area contributed by atoms with Crippen LogP contribution in [0.15, 0.2) is 57.2 Å². The van der Waals surface area contributed by atoms with Crippen LogP contribution in [0.4, 0.5) is 22.0 Å². The van der Waals surface area contributed by atoms with Crippen molar-refractivity contribution in [3.63, 3.8) is 0 Å². The van der Waals surface area contributed by atoms with Crippen LogP contribution in [-0.2, 0) is 36.4 Å². The molecule has 0 radical (unpaired) electrons. The summed E-state index contributed by atoms with van der Waals surface area (Å²) in [6.45, 7) is 0. The van der Waals surface area contributed by atoms with Gasteiger partial charge in [0.15, 0.2) is 0 Å². The van der Waals surface area contributed by atoms with Gasteiger partial charge in [0.1, 0.15) is 6.04 Å². The highest BCUT2D eigenvalue weighted by atomic mass is 79.9. The quantitative estimate of drug-likeness (QED) is 0.179. The zero-order chi connectivity index (χ0) is 27.8. The number of rotatable bonds is 10. The van der Waals surface area contributed by atoms with E-state index in [4.69, 9.17) is 5.73 Å². The lowest BCUT2D eigenvalue weighted by Crippen LogP contribution is -2.46. The first kappa shape index (κ1) is 28.7. The summed E-state index contributed by atoms with van der Waals surface area (Å²) in [6, 6.07) is 5.72. The summed E-state index contributed by atoms with van der Waals surface area (Å²) in [7, 11) is -5.24. The van der Waals surface area contributed by atoms with Gasteiger partial charge in [-0.3, -0.25) is 9.59 Å². The summed E-state index contributed by atoms with van der Waals surface area (Å²) in [4.78, 5) is 24.7. The van der Waals surface area contributed by atoms with E-state index >= 15 is 0 Å². The number of benzene rings is 2. The average molecular weight is 615 g/mol. The second kappa shape index (κ2) is 10.2. The number of carbonyl (C=O) groups is 2. The Hall–Kier alpha value is -2.82. The van der Waals surface area contributed by atoms with Crippen molar-refractivity contribution < 1.29 is 45.4 Å². The lowest BCUT2D eigenvalue weighted by Gasteiger charge is -2.23. The molecular weight excluding hydrogens is 598 g/mol. The molecule has 2 aromatic rings. The lowest BCUT2D eigenvalue weighted by molar-refractivity contribution is -0.166. The van der Waals surface area contributed by atoms with Crippen LogP contribution in [0.2, 0.25) is 0 Å². The number of nitrogens with two attached hydrogens (primary N) is 3. The van der Waals surface area contributed by atoms with Crippen molar-refractivity contribution >= 4 is 35.3 Å². The minimum Gasteiger partial charge on any atom is -0.368 e. The van der Waals surface area contributed by atoms with Gasteiger partial charge >= 0.3 is 25.1 Å². The molecule has 1 aliphatic heterocycles. The van der Waals surface area contributed by atoms with Crippen LogP contribution in [0, 0.1) is 0 Å². The van der Waals surface area contributed by atoms with Gasteiger partial charge in [0, 0.05) is 27.6 Å². The lowest BCUT2D eigenvalue weighted by atomic mass is 9.99. The van der Waals surface area contributed by atoms with Crippen LogP contribution < -0.4 is 22.8 Å². The highest BCUT2D eigenvalue weighted by Gasteiger charge is 2.65. The Labute approximate surface area is 213 Å². The molecule has 3 rings (SSSR count). The maximum Gasteiger partial charge on any atom is 0.442 e. The molecule has 0 unspecified atom stereocenters. The number of hydrogen-bond donors (Lipinski definition) is 4. The van der Waals surface area contributed by atoms with Gasteiger partial charge in [-0.25, -0.2) is 25.6 Å². The molecular formula is C19H17BrF5N6O5P. The highest BCUT2D eigenvalue weighted by molar-refractivity contribution is 9.10. The van der Waals surface area contributed by atoms with Crippen LogP contribution in [-0.4, -0.2) is 24.0 Å². The normalized spacial score (nSPS) is 15.8. The minimum absolute atomic E-state index is 0.114. The van der Waals surface area contributed by atoms with Crippen molar-refractivity contribution in [1.82, 2.24) is 5.32 Å². The third-order valence-electron chi connectivity index (χ3n) is 5.27. The maximum atomic E-state index is 14.4. The number of nitrogens with one attached hydrogen (secondary N) is 1. The third-order valence-corrected chi connectivity index (χ3v) is 7.23. The number of hydrogen-bond acceptors (Lipinski definition) is 9. The summed E-state index contributed by atoms with van der Waals surface area (Å²) in [5, 5.41) is 8.46. The van der Waals surface area contributed by atoms with Gasteiger partial charge in [0.2, 0.25) is 5.91 Å². The summed E-state index contributed by atoms with van der Waals surface area (Å²) in [5.74, 6) is 7.28. The molecule has 18 heteroatoms. The van der Waals surface area contributed by atoms with Gasteiger partial charge in [-0.1, -0.05) is 40.2 Å². The molecule has 0 fully saturated rings. The van der Waals surface area contributed by atoms with Crippen molar-refractivity contribution in [2.75, 3.05) is 0 Å². The zero-order valence-electron chi connectivity index (χ0n) is 18.2. The fourth-order valence-corrected chi connectivity index (χ4v) is 4.49. The summed E-state index contributed by atoms with van der Waals surface area (Å²) >= 11 is 3.03. The zero-order valence-corrected chi connectivity index (χ0v) is 20.7. The molecule has 1 aliphatic rings. The molecule has 200 valence electrons. The van der Waals surface area contributed by atoms with Crippen LogP contribution in [0.25, 0.3) is 0 Å². The van der Waals surface area contributed by atoms with Crippen molar-refractivity contribution in [1.29, 1.82) is 0 Å². The molecule has 2 aromatic carbocycles. The first-order valence-corrected chi connectivity index (χ1v) is 12.2. The number of halogens is 6. The molecule has 0 saturated heterocycles. The van der Waals surface area contributed by atoms with Crippen LogP contribution in [0.1, 0.15) is 27.0 Å². The second-order valence-corrected chi connectivity index (χ2v) is 10.6. The predicted octanol–water partition coefficient (Wildman–Crippen LogP) is 3.48. The summed E-state index contributed by atoms with van der Waals surface area (Å²) < 4.78 is 88.5. The minimum atomic E-state index is -5.24. The van der Waals surface area contributed by atoms with Gasteiger partial charge in [-0.15, -0.1) is 10.2 Å². The average Bonchev–Trinajstić information content (AvgIpc) is 3.65. The predicted molar refractivity (Wildman–Crippen MR) is 119 cm³/mol. The van der Waals surface area contributed by atoms with E-state index < -0.39 is 54.1 Å². The molecule has 7 N–H and O–H groups in total. The molecule has 0 spiro atoms. The largest absolute Gasteiger partial charge is 0.442 e. The second-order valence-electron chi connectivity index (χ2n) is 7.68. The van der Waals surface area contributed by atoms with E-state index in [9.17, 15) is 36.1 Å². The van der Waals surface area contributed by atoms with Crippen molar-refractivity contribution in [2.45, 2.75) is 30.0 Å². The number of nitrogens with zero attached hydrogens (tertiary/aromatic N) is 2. The molecule has 0 aromatic heterocycles. The van der Waals surface area contributed by atoms with Crippen molar-refractivity contribution in [3.05, 3.63) is 69.2 Å². The van der Waals surface area contributed by atoms with Crippen molar-refractivity contribution in [2.24, 2.45) is 27.8 Å². The maximum absolute atomic E-state index is 14.4. The smallest absolute Gasteiger partial charge is 0.368 e. The monoisotopic (exact) mass is 614 g/mol. The van der Waals surface area contributed by atoms with Crippen molar-refractivity contribution in [3.8, 4) is 0 Å². The van der Waals surface area contributed by atoms with E-state index in [0.717, 1.165) is 36.4 Å². The Morgan fingerprint density at radius 1 is 1.05 bits per heavy atom. The fourth-order valence-electron chi connectivity index (χ4n) is 3.22. The fraction of sp³-hybridized carbons (Fsp3) is 0.263. The van der Waals surface area contributed by atoms with Crippen LogP contribution >= 0.6 is 23.5 Å². The van der Waals surface area contributed by atoms with E-state index in [1.165, 1.54) is 6.07 Å². The van der Waals surface area contributed by atoms with E-state index in [0.29, 0.717) is 0 Å². The molecule has 0 saturated carbocycles. The van der Waals surface area contributed by atoms with Crippen LogP contribution in [0.3, 0.4) is 0 Å². The Balaban J connectivity index is 1.79. The molecule has 0 bridgehead atoms. The van der Waals surface area contributed by atoms with E-state index in [1.54, 1.807) is 0 Å².